The molecule has 1 heterocycles. The Hall–Kier alpha value is -2.57. The van der Waals surface area contributed by atoms with Gasteiger partial charge in [0.2, 0.25) is 5.91 Å². The van der Waals surface area contributed by atoms with Crippen LogP contribution < -0.4 is 10.4 Å². The van der Waals surface area contributed by atoms with Crippen molar-refractivity contribution in [2.75, 3.05) is 13.1 Å². The molecule has 2 rings (SSSR count). The predicted molar refractivity (Wildman–Crippen MR) is 112 cm³/mol. The Labute approximate surface area is 178 Å². The summed E-state index contributed by atoms with van der Waals surface area (Å²) < 4.78 is 5.45. The number of likely N-dealkylation sites (tertiary alicyclic amines) is 1. The van der Waals surface area contributed by atoms with Crippen LogP contribution in [0.5, 0.6) is 0 Å². The number of ether oxygens (including phenoxy) is 1. The number of carboxylic acids is 1. The summed E-state index contributed by atoms with van der Waals surface area (Å²) in [7, 11) is 0. The fraction of sp³-hybridized carbons (Fsp3) is 0.609. The highest BCUT2D eigenvalue weighted by Gasteiger charge is 2.44. The van der Waals surface area contributed by atoms with E-state index in [0.717, 1.165) is 5.56 Å². The number of benzene rings is 1. The summed E-state index contributed by atoms with van der Waals surface area (Å²) in [4.78, 5) is 39.0. The number of rotatable bonds is 6. The Morgan fingerprint density at radius 3 is 2.17 bits per heavy atom. The van der Waals surface area contributed by atoms with Gasteiger partial charge in [0.25, 0.3) is 0 Å². The molecule has 1 saturated heterocycles. The summed E-state index contributed by atoms with van der Waals surface area (Å²) in [6, 6.07) is 8.28. The molecule has 1 atom stereocenters. The lowest BCUT2D eigenvalue weighted by atomic mass is 9.71. The molecule has 30 heavy (non-hydrogen) atoms. The van der Waals surface area contributed by atoms with Crippen molar-refractivity contribution < 1.29 is 24.2 Å². The van der Waals surface area contributed by atoms with E-state index >= 15 is 0 Å². The predicted octanol–water partition coefficient (Wildman–Crippen LogP) is 2.24. The first-order valence-electron chi connectivity index (χ1n) is 10.5. The first-order chi connectivity index (χ1) is 13.9. The number of carboxylic acid groups (broad SMARTS) is 1. The largest absolute Gasteiger partial charge is 0.548 e. The van der Waals surface area contributed by atoms with Gasteiger partial charge < -0.3 is 24.9 Å². The Kier molecular flexibility index (Phi) is 7.50. The molecule has 0 aromatic heterocycles. The number of amides is 2. The average molecular weight is 418 g/mol. The number of carbonyl (C=O) groups is 3. The molecule has 7 heteroatoms. The summed E-state index contributed by atoms with van der Waals surface area (Å²) in [6.07, 6.45) is 0.646. The average Bonchev–Trinajstić information content (AvgIpc) is 2.66. The summed E-state index contributed by atoms with van der Waals surface area (Å²) in [6.45, 7) is 9.92. The van der Waals surface area contributed by atoms with Crippen molar-refractivity contribution in [3.63, 3.8) is 0 Å². The van der Waals surface area contributed by atoms with E-state index in [9.17, 15) is 19.5 Å². The number of aliphatic carboxylic acids is 1. The quantitative estimate of drug-likeness (QED) is 0.765. The van der Waals surface area contributed by atoms with Gasteiger partial charge in [-0.1, -0.05) is 44.2 Å². The molecule has 0 saturated carbocycles. The molecule has 1 aliphatic heterocycles. The Bertz CT molecular complexity index is 747. The third-order valence-electron chi connectivity index (χ3n) is 5.33. The van der Waals surface area contributed by atoms with Crippen LogP contribution in [0.25, 0.3) is 0 Å². The molecule has 1 aromatic carbocycles. The van der Waals surface area contributed by atoms with Crippen LogP contribution in [-0.4, -0.2) is 47.6 Å². The molecular formula is C23H33N2O5-. The second kappa shape index (κ2) is 9.49. The van der Waals surface area contributed by atoms with Crippen LogP contribution in [-0.2, 0) is 19.7 Å². The van der Waals surface area contributed by atoms with Gasteiger partial charge in [-0.3, -0.25) is 4.79 Å². The molecule has 0 radical (unpaired) electrons. The molecule has 0 spiro atoms. The van der Waals surface area contributed by atoms with Gasteiger partial charge in [-0.05, 0) is 51.5 Å². The molecule has 2 amide bonds. The van der Waals surface area contributed by atoms with Crippen molar-refractivity contribution in [1.82, 2.24) is 10.2 Å². The molecule has 0 unspecified atom stereocenters. The van der Waals surface area contributed by atoms with E-state index in [0.29, 0.717) is 32.4 Å². The van der Waals surface area contributed by atoms with Gasteiger partial charge in [0.1, 0.15) is 5.60 Å². The fourth-order valence-corrected chi connectivity index (χ4v) is 3.78. The van der Waals surface area contributed by atoms with E-state index in [1.807, 2.05) is 65.0 Å². The van der Waals surface area contributed by atoms with Gasteiger partial charge in [-0.15, -0.1) is 0 Å². The van der Waals surface area contributed by atoms with E-state index < -0.39 is 29.1 Å². The van der Waals surface area contributed by atoms with Gasteiger partial charge in [0.05, 0.1) is 17.4 Å². The van der Waals surface area contributed by atoms with E-state index in [4.69, 9.17) is 4.74 Å². The van der Waals surface area contributed by atoms with Crippen LogP contribution in [0, 0.1) is 5.92 Å². The van der Waals surface area contributed by atoms with Crippen LogP contribution in [0.3, 0.4) is 0 Å². The van der Waals surface area contributed by atoms with Crippen LogP contribution in [0.1, 0.15) is 59.4 Å². The number of nitrogens with zero attached hydrogens (tertiary/aromatic N) is 1. The van der Waals surface area contributed by atoms with Gasteiger partial charge in [0.15, 0.2) is 0 Å². The maximum Gasteiger partial charge on any atom is 0.410 e. The van der Waals surface area contributed by atoms with Crippen molar-refractivity contribution >= 4 is 18.0 Å². The lowest BCUT2D eigenvalue weighted by Crippen LogP contribution is -2.57. The monoisotopic (exact) mass is 417 g/mol. The topological polar surface area (TPSA) is 98.8 Å². The molecule has 7 nitrogen and oxygen atoms in total. The number of nitrogens with one attached hydrogen (secondary N) is 1. The van der Waals surface area contributed by atoms with Gasteiger partial charge in [0, 0.05) is 13.1 Å². The zero-order valence-electron chi connectivity index (χ0n) is 18.6. The van der Waals surface area contributed by atoms with Gasteiger partial charge in [-0.2, -0.15) is 0 Å². The van der Waals surface area contributed by atoms with Crippen LogP contribution in [0.15, 0.2) is 30.3 Å². The minimum absolute atomic E-state index is 0.0925. The SMILES string of the molecule is CC(C)C[C@H](NC(=O)C1(c2ccccc2)CCN(C(=O)OC(C)(C)C)CC1)C(=O)[O-]. The Morgan fingerprint density at radius 1 is 1.13 bits per heavy atom. The van der Waals surface area contributed by atoms with E-state index in [1.165, 1.54) is 0 Å². The fourth-order valence-electron chi connectivity index (χ4n) is 3.78. The van der Waals surface area contributed by atoms with E-state index in [2.05, 4.69) is 5.32 Å². The summed E-state index contributed by atoms with van der Waals surface area (Å²) in [5.74, 6) is -1.53. The molecule has 1 aromatic rings. The normalized spacial score (nSPS) is 17.3. The molecule has 166 valence electrons. The van der Waals surface area contributed by atoms with E-state index in [1.54, 1.807) is 4.90 Å². The number of hydrogen-bond acceptors (Lipinski definition) is 5. The lowest BCUT2D eigenvalue weighted by Gasteiger charge is -2.42. The summed E-state index contributed by atoms with van der Waals surface area (Å²) in [5.41, 5.74) is -0.696. The van der Waals surface area contributed by atoms with Gasteiger partial charge >= 0.3 is 6.09 Å². The minimum Gasteiger partial charge on any atom is -0.548 e. The first-order valence-corrected chi connectivity index (χ1v) is 10.5. The lowest BCUT2D eigenvalue weighted by molar-refractivity contribution is -0.308. The minimum atomic E-state index is -1.29. The highest BCUT2D eigenvalue weighted by Crippen LogP contribution is 2.36. The molecule has 0 aliphatic carbocycles. The highest BCUT2D eigenvalue weighted by molar-refractivity contribution is 5.91. The van der Waals surface area contributed by atoms with Crippen molar-refractivity contribution in [3.05, 3.63) is 35.9 Å². The Morgan fingerprint density at radius 2 is 1.70 bits per heavy atom. The molecule has 1 fully saturated rings. The number of hydrogen-bond donors (Lipinski definition) is 1. The summed E-state index contributed by atoms with van der Waals surface area (Å²) in [5, 5.41) is 14.3. The van der Waals surface area contributed by atoms with Crippen LogP contribution >= 0.6 is 0 Å². The standard InChI is InChI=1S/C23H34N2O5/c1-16(2)15-18(19(26)27)24-20(28)23(17-9-7-6-8-10-17)11-13-25(14-12-23)21(29)30-22(3,4)5/h6-10,16,18H,11-15H2,1-5H3,(H,24,28)(H,26,27)/p-1/t18-/m0/s1. The second-order valence-electron chi connectivity index (χ2n) is 9.39. The zero-order chi connectivity index (χ0) is 22.5. The molecule has 1 aliphatic rings. The third-order valence-corrected chi connectivity index (χ3v) is 5.33. The smallest absolute Gasteiger partial charge is 0.410 e. The molecule has 1 N–H and O–H groups in total. The zero-order valence-corrected chi connectivity index (χ0v) is 18.6. The van der Waals surface area contributed by atoms with Crippen molar-refractivity contribution in [3.8, 4) is 0 Å². The second-order valence-corrected chi connectivity index (χ2v) is 9.39. The highest BCUT2D eigenvalue weighted by atomic mass is 16.6. The summed E-state index contributed by atoms with van der Waals surface area (Å²) >= 11 is 0. The van der Waals surface area contributed by atoms with Crippen LogP contribution in [0.4, 0.5) is 4.79 Å². The van der Waals surface area contributed by atoms with E-state index in [-0.39, 0.29) is 11.8 Å². The molecule has 0 bridgehead atoms. The number of carbonyl (C=O) groups excluding carboxylic acids is 3. The third kappa shape index (κ3) is 5.97. The number of piperidine rings is 1. The Balaban J connectivity index is 2.24. The molecular weight excluding hydrogens is 384 g/mol. The maximum atomic E-state index is 13.4. The van der Waals surface area contributed by atoms with Crippen molar-refractivity contribution in [2.24, 2.45) is 5.92 Å². The van der Waals surface area contributed by atoms with Crippen LogP contribution in [0.2, 0.25) is 0 Å². The van der Waals surface area contributed by atoms with Crippen molar-refractivity contribution in [1.29, 1.82) is 0 Å². The first kappa shape index (κ1) is 23.7. The van der Waals surface area contributed by atoms with Crippen molar-refractivity contribution in [2.45, 2.75) is 70.9 Å². The maximum absolute atomic E-state index is 13.4. The van der Waals surface area contributed by atoms with Gasteiger partial charge in [-0.25, -0.2) is 4.79 Å².